The van der Waals surface area contributed by atoms with Crippen LogP contribution in [-0.2, 0) is 18.9 Å². The molecule has 168 valence electrons. The van der Waals surface area contributed by atoms with Crippen molar-refractivity contribution in [1.29, 1.82) is 0 Å². The largest absolute Gasteiger partial charge is 0.303 e. The molecule has 0 N–H and O–H groups in total. The second-order valence-corrected chi connectivity index (χ2v) is 9.43. The molecule has 4 aromatic rings. The molecule has 0 bridgehead atoms. The van der Waals surface area contributed by atoms with Gasteiger partial charge in [0.1, 0.15) is 0 Å². The van der Waals surface area contributed by atoms with E-state index < -0.39 is 0 Å². The predicted octanol–water partition coefficient (Wildman–Crippen LogP) is 6.02. The standard InChI is InChI=1S/C30H33N3/c1-24-13-15-26(16-14-24)28-23-29(32(2)31-28)30(27-11-7-4-8-12-27)18-21-33(22-19-30)20-17-25-9-5-3-6-10-25/h3-16,23H,17-22H2,1-2H3. The average Bonchev–Trinajstić information content (AvgIpc) is 3.27. The van der Waals surface area contributed by atoms with Gasteiger partial charge in [-0.15, -0.1) is 0 Å². The van der Waals surface area contributed by atoms with Gasteiger partial charge in [0, 0.05) is 30.3 Å². The van der Waals surface area contributed by atoms with Crippen molar-refractivity contribution in [2.24, 2.45) is 7.05 Å². The molecule has 1 aliphatic rings. The Morgan fingerprint density at radius 3 is 2.12 bits per heavy atom. The zero-order chi connectivity index (χ0) is 22.7. The van der Waals surface area contributed by atoms with Crippen molar-refractivity contribution in [3.8, 4) is 11.3 Å². The molecule has 0 unspecified atom stereocenters. The van der Waals surface area contributed by atoms with Crippen LogP contribution in [0.2, 0.25) is 0 Å². The molecule has 0 saturated carbocycles. The highest BCUT2D eigenvalue weighted by atomic mass is 15.3. The molecule has 1 aromatic heterocycles. The Hall–Kier alpha value is -3.17. The van der Waals surface area contributed by atoms with E-state index >= 15 is 0 Å². The van der Waals surface area contributed by atoms with Crippen LogP contribution >= 0.6 is 0 Å². The van der Waals surface area contributed by atoms with Gasteiger partial charge in [-0.2, -0.15) is 5.10 Å². The minimum atomic E-state index is -0.00476. The van der Waals surface area contributed by atoms with E-state index in [1.807, 2.05) is 0 Å². The minimum Gasteiger partial charge on any atom is -0.303 e. The highest BCUT2D eigenvalue weighted by Crippen LogP contribution is 2.42. The lowest BCUT2D eigenvalue weighted by Gasteiger charge is -2.42. The van der Waals surface area contributed by atoms with Crippen molar-refractivity contribution >= 4 is 0 Å². The fourth-order valence-corrected chi connectivity index (χ4v) is 5.32. The lowest BCUT2D eigenvalue weighted by atomic mass is 9.70. The lowest BCUT2D eigenvalue weighted by molar-refractivity contribution is 0.176. The van der Waals surface area contributed by atoms with Gasteiger partial charge in [0.15, 0.2) is 0 Å². The fourth-order valence-electron chi connectivity index (χ4n) is 5.32. The van der Waals surface area contributed by atoms with E-state index in [9.17, 15) is 0 Å². The van der Waals surface area contributed by atoms with Gasteiger partial charge in [-0.3, -0.25) is 4.68 Å². The molecule has 1 saturated heterocycles. The molecule has 3 aromatic carbocycles. The number of piperidine rings is 1. The summed E-state index contributed by atoms with van der Waals surface area (Å²) in [6.07, 6.45) is 3.33. The van der Waals surface area contributed by atoms with Gasteiger partial charge in [-0.1, -0.05) is 90.5 Å². The third-order valence-electron chi connectivity index (χ3n) is 7.31. The van der Waals surface area contributed by atoms with Crippen molar-refractivity contribution in [1.82, 2.24) is 14.7 Å². The van der Waals surface area contributed by atoms with Crippen molar-refractivity contribution in [3.05, 3.63) is 113 Å². The van der Waals surface area contributed by atoms with Crippen LogP contribution in [0.3, 0.4) is 0 Å². The van der Waals surface area contributed by atoms with Crippen molar-refractivity contribution in [2.45, 2.75) is 31.6 Å². The monoisotopic (exact) mass is 435 g/mol. The molecule has 0 radical (unpaired) electrons. The molecule has 3 heteroatoms. The summed E-state index contributed by atoms with van der Waals surface area (Å²) in [5, 5.41) is 4.95. The summed E-state index contributed by atoms with van der Waals surface area (Å²) in [5.41, 5.74) is 7.68. The van der Waals surface area contributed by atoms with Crippen molar-refractivity contribution in [2.75, 3.05) is 19.6 Å². The topological polar surface area (TPSA) is 21.1 Å². The summed E-state index contributed by atoms with van der Waals surface area (Å²) in [5.74, 6) is 0. The summed E-state index contributed by atoms with van der Waals surface area (Å²) in [6.45, 7) is 5.46. The van der Waals surface area contributed by atoms with Crippen LogP contribution in [0.25, 0.3) is 11.3 Å². The highest BCUT2D eigenvalue weighted by Gasteiger charge is 2.40. The third kappa shape index (κ3) is 4.51. The van der Waals surface area contributed by atoms with E-state index in [-0.39, 0.29) is 5.41 Å². The normalized spacial score (nSPS) is 16.1. The Kier molecular flexibility index (Phi) is 6.15. The Bertz CT molecular complexity index is 1170. The van der Waals surface area contributed by atoms with Gasteiger partial charge in [-0.25, -0.2) is 0 Å². The molecule has 2 heterocycles. The van der Waals surface area contributed by atoms with Gasteiger partial charge in [0.05, 0.1) is 5.69 Å². The highest BCUT2D eigenvalue weighted by molar-refractivity contribution is 5.61. The molecule has 0 spiro atoms. The molecule has 3 nitrogen and oxygen atoms in total. The minimum absolute atomic E-state index is 0.00476. The number of likely N-dealkylation sites (tertiary alicyclic amines) is 1. The van der Waals surface area contributed by atoms with Crippen LogP contribution in [0, 0.1) is 6.92 Å². The number of aromatic nitrogens is 2. The van der Waals surface area contributed by atoms with Gasteiger partial charge in [0.2, 0.25) is 0 Å². The van der Waals surface area contributed by atoms with Gasteiger partial charge >= 0.3 is 0 Å². The van der Waals surface area contributed by atoms with Crippen molar-refractivity contribution in [3.63, 3.8) is 0 Å². The SMILES string of the molecule is Cc1ccc(-c2cc(C3(c4ccccc4)CCN(CCc4ccccc4)CC3)n(C)n2)cc1. The first-order chi connectivity index (χ1) is 16.1. The summed E-state index contributed by atoms with van der Waals surface area (Å²) in [4.78, 5) is 2.63. The number of hydrogen-bond donors (Lipinski definition) is 0. The van der Waals surface area contributed by atoms with E-state index in [0.717, 1.165) is 44.6 Å². The average molecular weight is 436 g/mol. The molecule has 0 aliphatic carbocycles. The Balaban J connectivity index is 1.41. The maximum Gasteiger partial charge on any atom is 0.0926 e. The maximum absolute atomic E-state index is 4.95. The van der Waals surface area contributed by atoms with Gasteiger partial charge < -0.3 is 4.90 Å². The summed E-state index contributed by atoms with van der Waals surface area (Å²) in [7, 11) is 2.11. The summed E-state index contributed by atoms with van der Waals surface area (Å²) < 4.78 is 2.13. The maximum atomic E-state index is 4.95. The number of hydrogen-bond acceptors (Lipinski definition) is 2. The number of aryl methyl sites for hydroxylation is 2. The zero-order valence-corrected chi connectivity index (χ0v) is 19.7. The van der Waals surface area contributed by atoms with E-state index in [4.69, 9.17) is 5.10 Å². The summed E-state index contributed by atoms with van der Waals surface area (Å²) >= 11 is 0. The van der Waals surface area contributed by atoms with Crippen LogP contribution in [0.15, 0.2) is 91.0 Å². The quantitative estimate of drug-likeness (QED) is 0.369. The first-order valence-corrected chi connectivity index (χ1v) is 12.1. The van der Waals surface area contributed by atoms with Crippen LogP contribution in [0.5, 0.6) is 0 Å². The molecule has 0 atom stereocenters. The van der Waals surface area contributed by atoms with Crippen LogP contribution in [0.4, 0.5) is 0 Å². The first kappa shape index (κ1) is 21.7. The van der Waals surface area contributed by atoms with Gasteiger partial charge in [-0.05, 0) is 56.5 Å². The predicted molar refractivity (Wildman–Crippen MR) is 136 cm³/mol. The first-order valence-electron chi connectivity index (χ1n) is 12.1. The second kappa shape index (κ2) is 9.36. The third-order valence-corrected chi connectivity index (χ3v) is 7.31. The molecular weight excluding hydrogens is 402 g/mol. The molecule has 1 fully saturated rings. The second-order valence-electron chi connectivity index (χ2n) is 9.43. The van der Waals surface area contributed by atoms with Crippen LogP contribution < -0.4 is 0 Å². The Morgan fingerprint density at radius 2 is 1.45 bits per heavy atom. The molecule has 1 aliphatic heterocycles. The number of benzene rings is 3. The molecule has 0 amide bonds. The van der Waals surface area contributed by atoms with E-state index in [1.165, 1.54) is 27.9 Å². The van der Waals surface area contributed by atoms with E-state index in [1.54, 1.807) is 0 Å². The van der Waals surface area contributed by atoms with Gasteiger partial charge in [0.25, 0.3) is 0 Å². The number of nitrogens with zero attached hydrogens (tertiary/aromatic N) is 3. The van der Waals surface area contributed by atoms with Crippen molar-refractivity contribution < 1.29 is 0 Å². The lowest BCUT2D eigenvalue weighted by Crippen LogP contribution is -2.44. The Morgan fingerprint density at radius 1 is 0.818 bits per heavy atom. The smallest absolute Gasteiger partial charge is 0.0926 e. The van der Waals surface area contributed by atoms with E-state index in [2.05, 4.69) is 115 Å². The van der Waals surface area contributed by atoms with E-state index in [0.29, 0.717) is 0 Å². The molecule has 33 heavy (non-hydrogen) atoms. The molecular formula is C30H33N3. The zero-order valence-electron chi connectivity index (χ0n) is 19.7. The summed E-state index contributed by atoms with van der Waals surface area (Å²) in [6, 6.07) is 33.0. The van der Waals surface area contributed by atoms with Crippen LogP contribution in [0.1, 0.15) is 35.2 Å². The number of rotatable bonds is 6. The fraction of sp³-hybridized carbons (Fsp3) is 0.300. The Labute approximate surface area is 197 Å². The van der Waals surface area contributed by atoms with Crippen LogP contribution in [-0.4, -0.2) is 34.3 Å². The molecule has 5 rings (SSSR count).